The first-order valence-electron chi connectivity index (χ1n) is 5.74. The van der Waals surface area contributed by atoms with Gasteiger partial charge in [-0.15, -0.1) is 12.4 Å². The highest BCUT2D eigenvalue weighted by Gasteiger charge is 2.08. The molecule has 0 spiro atoms. The van der Waals surface area contributed by atoms with E-state index in [4.69, 9.17) is 0 Å². The van der Waals surface area contributed by atoms with Crippen LogP contribution in [-0.4, -0.2) is 27.7 Å². The minimum Gasteiger partial charge on any atom is -0.395 e. The lowest BCUT2D eigenvalue weighted by Gasteiger charge is -2.15. The van der Waals surface area contributed by atoms with E-state index in [2.05, 4.69) is 27.4 Å². The van der Waals surface area contributed by atoms with Crippen molar-refractivity contribution in [3.8, 4) is 0 Å². The van der Waals surface area contributed by atoms with E-state index in [9.17, 15) is 5.11 Å². The molecule has 0 saturated carbocycles. The Kier molecular flexibility index (Phi) is 6.43. The zero-order chi connectivity index (χ0) is 11.9. The monoisotopic (exact) mass is 267 g/mol. The van der Waals surface area contributed by atoms with Crippen LogP contribution >= 0.6 is 12.4 Å². The van der Waals surface area contributed by atoms with Crippen molar-refractivity contribution in [2.45, 2.75) is 19.0 Å². The molecular formula is C13H18ClN3O. The molecule has 1 heterocycles. The van der Waals surface area contributed by atoms with E-state index in [-0.39, 0.29) is 25.1 Å². The van der Waals surface area contributed by atoms with Crippen LogP contribution < -0.4 is 5.32 Å². The molecule has 18 heavy (non-hydrogen) atoms. The zero-order valence-corrected chi connectivity index (χ0v) is 10.9. The fourth-order valence-corrected chi connectivity index (χ4v) is 1.72. The fourth-order valence-electron chi connectivity index (χ4n) is 1.72. The fraction of sp³-hybridized carbons (Fsp3) is 0.308. The van der Waals surface area contributed by atoms with E-state index in [0.29, 0.717) is 0 Å². The van der Waals surface area contributed by atoms with Crippen molar-refractivity contribution in [3.63, 3.8) is 0 Å². The number of imidazole rings is 1. The molecule has 0 amide bonds. The summed E-state index contributed by atoms with van der Waals surface area (Å²) < 4.78 is 0. The number of nitrogens with one attached hydrogen (secondary N) is 2. The first-order valence-corrected chi connectivity index (χ1v) is 5.74. The van der Waals surface area contributed by atoms with Crippen molar-refractivity contribution < 1.29 is 5.11 Å². The standard InChI is InChI=1S/C13H17N3O.ClH/c17-9-13(6-12-8-14-10-16-12)15-7-11-4-2-1-3-5-11;/h1-5,8,10,13,15,17H,6-7,9H2,(H,14,16);1H. The van der Waals surface area contributed by atoms with Crippen LogP contribution in [-0.2, 0) is 13.0 Å². The molecule has 3 N–H and O–H groups in total. The number of H-pyrrole nitrogens is 1. The molecule has 2 rings (SSSR count). The number of aromatic nitrogens is 2. The summed E-state index contributed by atoms with van der Waals surface area (Å²) in [6, 6.07) is 10.2. The van der Waals surface area contributed by atoms with Gasteiger partial charge in [-0.05, 0) is 5.56 Å². The SMILES string of the molecule is Cl.OCC(Cc1cnc[nH]1)NCc1ccccc1. The molecule has 1 aromatic heterocycles. The van der Waals surface area contributed by atoms with E-state index in [0.717, 1.165) is 18.7 Å². The van der Waals surface area contributed by atoms with E-state index in [1.807, 2.05) is 18.2 Å². The number of aromatic amines is 1. The lowest BCUT2D eigenvalue weighted by molar-refractivity contribution is 0.240. The third kappa shape index (κ3) is 4.49. The number of rotatable bonds is 6. The van der Waals surface area contributed by atoms with Crippen LogP contribution in [0, 0.1) is 0 Å². The molecule has 0 saturated heterocycles. The quantitative estimate of drug-likeness (QED) is 0.744. The van der Waals surface area contributed by atoms with Crippen LogP contribution in [0.2, 0.25) is 0 Å². The van der Waals surface area contributed by atoms with E-state index in [1.165, 1.54) is 5.56 Å². The van der Waals surface area contributed by atoms with Gasteiger partial charge in [0.05, 0.1) is 12.9 Å². The Hall–Kier alpha value is -1.36. The van der Waals surface area contributed by atoms with Crippen molar-refractivity contribution >= 4 is 12.4 Å². The van der Waals surface area contributed by atoms with Crippen LogP contribution in [0.15, 0.2) is 42.9 Å². The van der Waals surface area contributed by atoms with E-state index < -0.39 is 0 Å². The molecule has 4 nitrogen and oxygen atoms in total. The number of aliphatic hydroxyl groups is 1. The molecule has 1 atom stereocenters. The highest BCUT2D eigenvalue weighted by molar-refractivity contribution is 5.85. The molecule has 98 valence electrons. The Bertz CT molecular complexity index is 419. The van der Waals surface area contributed by atoms with Gasteiger partial charge in [0, 0.05) is 30.9 Å². The zero-order valence-electron chi connectivity index (χ0n) is 10.0. The van der Waals surface area contributed by atoms with Crippen molar-refractivity contribution in [1.29, 1.82) is 0 Å². The van der Waals surface area contributed by atoms with Crippen molar-refractivity contribution in [1.82, 2.24) is 15.3 Å². The van der Waals surface area contributed by atoms with Crippen LogP contribution in [0.1, 0.15) is 11.3 Å². The lowest BCUT2D eigenvalue weighted by Crippen LogP contribution is -2.34. The predicted molar refractivity (Wildman–Crippen MR) is 73.7 cm³/mol. The van der Waals surface area contributed by atoms with Crippen LogP contribution in [0.4, 0.5) is 0 Å². The van der Waals surface area contributed by atoms with Gasteiger partial charge >= 0.3 is 0 Å². The Morgan fingerprint density at radius 3 is 2.67 bits per heavy atom. The molecule has 0 aliphatic heterocycles. The number of aliphatic hydroxyl groups excluding tert-OH is 1. The minimum atomic E-state index is 0. The summed E-state index contributed by atoms with van der Waals surface area (Å²) >= 11 is 0. The number of nitrogens with zero attached hydrogens (tertiary/aromatic N) is 1. The van der Waals surface area contributed by atoms with Gasteiger partial charge < -0.3 is 15.4 Å². The minimum absolute atomic E-state index is 0. The summed E-state index contributed by atoms with van der Waals surface area (Å²) in [4.78, 5) is 7.00. The number of benzene rings is 1. The maximum atomic E-state index is 9.31. The van der Waals surface area contributed by atoms with E-state index >= 15 is 0 Å². The maximum absolute atomic E-state index is 9.31. The number of halogens is 1. The van der Waals surface area contributed by atoms with Gasteiger partial charge in [0.25, 0.3) is 0 Å². The highest BCUT2D eigenvalue weighted by Crippen LogP contribution is 2.01. The largest absolute Gasteiger partial charge is 0.395 e. The molecule has 0 aliphatic rings. The second-order valence-corrected chi connectivity index (χ2v) is 4.03. The van der Waals surface area contributed by atoms with Crippen LogP contribution in [0.25, 0.3) is 0 Å². The van der Waals surface area contributed by atoms with Crippen molar-refractivity contribution in [2.75, 3.05) is 6.61 Å². The second-order valence-electron chi connectivity index (χ2n) is 4.03. The van der Waals surface area contributed by atoms with Crippen LogP contribution in [0.3, 0.4) is 0 Å². The Labute approximate surface area is 113 Å². The van der Waals surface area contributed by atoms with Gasteiger partial charge in [0.1, 0.15) is 0 Å². The molecular weight excluding hydrogens is 250 g/mol. The van der Waals surface area contributed by atoms with Gasteiger partial charge in [-0.2, -0.15) is 0 Å². The number of hydrogen-bond donors (Lipinski definition) is 3. The molecule has 0 bridgehead atoms. The Morgan fingerprint density at radius 1 is 1.28 bits per heavy atom. The van der Waals surface area contributed by atoms with Gasteiger partial charge in [-0.1, -0.05) is 30.3 Å². The molecule has 1 aromatic carbocycles. The summed E-state index contributed by atoms with van der Waals surface area (Å²) in [6.45, 7) is 0.881. The predicted octanol–water partition coefficient (Wildman–Crippen LogP) is 1.52. The summed E-state index contributed by atoms with van der Waals surface area (Å²) in [5, 5.41) is 12.6. The average Bonchev–Trinajstić information content (AvgIpc) is 2.88. The summed E-state index contributed by atoms with van der Waals surface area (Å²) in [6.07, 6.45) is 4.19. The molecule has 1 unspecified atom stereocenters. The van der Waals surface area contributed by atoms with Crippen molar-refractivity contribution in [3.05, 3.63) is 54.1 Å². The third-order valence-electron chi connectivity index (χ3n) is 2.68. The summed E-state index contributed by atoms with van der Waals surface area (Å²) in [5.74, 6) is 0. The molecule has 5 heteroatoms. The first kappa shape index (κ1) is 14.7. The molecule has 0 aliphatic carbocycles. The first-order chi connectivity index (χ1) is 8.38. The van der Waals surface area contributed by atoms with Gasteiger partial charge in [0.15, 0.2) is 0 Å². The highest BCUT2D eigenvalue weighted by atomic mass is 35.5. The number of hydrogen-bond acceptors (Lipinski definition) is 3. The third-order valence-corrected chi connectivity index (χ3v) is 2.68. The van der Waals surface area contributed by atoms with E-state index in [1.54, 1.807) is 12.5 Å². The molecule has 2 aromatic rings. The Balaban J connectivity index is 0.00000162. The second kappa shape index (κ2) is 7.87. The summed E-state index contributed by atoms with van der Waals surface area (Å²) in [5.41, 5.74) is 2.25. The van der Waals surface area contributed by atoms with Gasteiger partial charge in [-0.25, -0.2) is 4.98 Å². The molecule has 0 fully saturated rings. The Morgan fingerprint density at radius 2 is 2.06 bits per heavy atom. The van der Waals surface area contributed by atoms with Crippen molar-refractivity contribution in [2.24, 2.45) is 0 Å². The van der Waals surface area contributed by atoms with Crippen LogP contribution in [0.5, 0.6) is 0 Å². The lowest BCUT2D eigenvalue weighted by atomic mass is 10.1. The topological polar surface area (TPSA) is 60.9 Å². The molecule has 0 radical (unpaired) electrons. The van der Waals surface area contributed by atoms with Gasteiger partial charge in [0.2, 0.25) is 0 Å². The summed E-state index contributed by atoms with van der Waals surface area (Å²) in [7, 11) is 0. The maximum Gasteiger partial charge on any atom is 0.0921 e. The average molecular weight is 268 g/mol. The normalized spacial score (nSPS) is 11.8. The smallest absolute Gasteiger partial charge is 0.0921 e. The van der Waals surface area contributed by atoms with Gasteiger partial charge in [-0.3, -0.25) is 0 Å².